The molecule has 2 aliphatic heterocycles. The third-order valence-corrected chi connectivity index (χ3v) is 6.17. The van der Waals surface area contributed by atoms with Crippen LogP contribution in [-0.4, -0.2) is 78.0 Å². The Morgan fingerprint density at radius 1 is 1.25 bits per heavy atom. The minimum Gasteiger partial charge on any atom is -0.379 e. The van der Waals surface area contributed by atoms with E-state index in [0.29, 0.717) is 12.5 Å². The van der Waals surface area contributed by atoms with Crippen LogP contribution in [0, 0.1) is 5.82 Å². The molecule has 4 rings (SSSR count). The van der Waals surface area contributed by atoms with Crippen molar-refractivity contribution in [2.75, 3.05) is 52.5 Å². The maximum absolute atomic E-state index is 13.5. The third kappa shape index (κ3) is 6.20. The Balaban J connectivity index is 0.00000289. The standard InChI is InChI=1S/C23H33FN6O.HI/c1-3-25-23(30-9-8-19(17-30)20-14-27-28(2)16-20)26-15-22(29-10-12-31-13-11-29)18-4-6-21(24)7-5-18;/h4-7,14,16,19,22H,3,8-13,15,17H2,1-2H3,(H,25,26);1H. The van der Waals surface area contributed by atoms with E-state index in [9.17, 15) is 4.39 Å². The lowest BCUT2D eigenvalue weighted by molar-refractivity contribution is 0.0179. The molecule has 2 fully saturated rings. The summed E-state index contributed by atoms with van der Waals surface area (Å²) < 4.78 is 20.9. The minimum atomic E-state index is -0.208. The highest BCUT2D eigenvalue weighted by atomic mass is 127. The highest BCUT2D eigenvalue weighted by Crippen LogP contribution is 2.27. The molecule has 32 heavy (non-hydrogen) atoms. The van der Waals surface area contributed by atoms with Crippen LogP contribution in [0.2, 0.25) is 0 Å². The summed E-state index contributed by atoms with van der Waals surface area (Å²) in [5, 5.41) is 7.80. The zero-order valence-corrected chi connectivity index (χ0v) is 21.2. The van der Waals surface area contributed by atoms with Crippen LogP contribution in [0.1, 0.15) is 36.4 Å². The van der Waals surface area contributed by atoms with Crippen molar-refractivity contribution in [1.29, 1.82) is 0 Å². The number of aryl methyl sites for hydroxylation is 1. The van der Waals surface area contributed by atoms with Crippen LogP contribution in [0.3, 0.4) is 0 Å². The van der Waals surface area contributed by atoms with Crippen LogP contribution in [0.25, 0.3) is 0 Å². The Morgan fingerprint density at radius 2 is 2.00 bits per heavy atom. The molecule has 1 N–H and O–H groups in total. The van der Waals surface area contributed by atoms with E-state index in [4.69, 9.17) is 9.73 Å². The van der Waals surface area contributed by atoms with E-state index in [1.807, 2.05) is 30.1 Å². The maximum Gasteiger partial charge on any atom is 0.194 e. The van der Waals surface area contributed by atoms with Gasteiger partial charge in [-0.2, -0.15) is 5.10 Å². The number of nitrogens with zero attached hydrogens (tertiary/aromatic N) is 5. The van der Waals surface area contributed by atoms with E-state index in [1.54, 1.807) is 0 Å². The highest BCUT2D eigenvalue weighted by Gasteiger charge is 2.28. The fourth-order valence-corrected chi connectivity index (χ4v) is 4.48. The van der Waals surface area contributed by atoms with Crippen molar-refractivity contribution in [1.82, 2.24) is 24.9 Å². The number of ether oxygens (including phenoxy) is 1. The number of nitrogens with one attached hydrogen (secondary N) is 1. The molecular formula is C23H34FIN6O. The van der Waals surface area contributed by atoms with Gasteiger partial charge < -0.3 is 15.0 Å². The summed E-state index contributed by atoms with van der Waals surface area (Å²) in [6.07, 6.45) is 5.18. The molecule has 0 radical (unpaired) electrons. The van der Waals surface area contributed by atoms with Crippen molar-refractivity contribution in [2.45, 2.75) is 25.3 Å². The van der Waals surface area contributed by atoms with Crippen molar-refractivity contribution in [3.05, 3.63) is 53.6 Å². The van der Waals surface area contributed by atoms with Gasteiger partial charge in [0.05, 0.1) is 32.0 Å². The highest BCUT2D eigenvalue weighted by molar-refractivity contribution is 14.0. The van der Waals surface area contributed by atoms with Gasteiger partial charge in [-0.15, -0.1) is 24.0 Å². The Kier molecular flexibility index (Phi) is 9.30. The first-order valence-corrected chi connectivity index (χ1v) is 11.2. The van der Waals surface area contributed by atoms with Gasteiger partial charge in [0.25, 0.3) is 0 Å². The lowest BCUT2D eigenvalue weighted by Gasteiger charge is -2.34. The van der Waals surface area contributed by atoms with Gasteiger partial charge in [-0.25, -0.2) is 4.39 Å². The SMILES string of the molecule is CCNC(=NCC(c1ccc(F)cc1)N1CCOCC1)N1CCC(c2cnn(C)c2)C1.I. The largest absolute Gasteiger partial charge is 0.379 e. The number of likely N-dealkylation sites (tertiary alicyclic amines) is 1. The topological polar surface area (TPSA) is 57.9 Å². The first-order chi connectivity index (χ1) is 15.1. The second-order valence-corrected chi connectivity index (χ2v) is 8.29. The van der Waals surface area contributed by atoms with Crippen LogP contribution in [0.4, 0.5) is 4.39 Å². The van der Waals surface area contributed by atoms with E-state index in [2.05, 4.69) is 33.3 Å². The normalized spacial score (nSPS) is 20.8. The molecule has 7 nitrogen and oxygen atoms in total. The minimum absolute atomic E-state index is 0. The second-order valence-electron chi connectivity index (χ2n) is 8.29. The monoisotopic (exact) mass is 556 g/mol. The summed E-state index contributed by atoms with van der Waals surface area (Å²) in [6.45, 7) is 8.64. The molecule has 0 bridgehead atoms. The molecule has 0 spiro atoms. The van der Waals surface area contributed by atoms with Gasteiger partial charge in [-0.05, 0) is 36.6 Å². The Bertz CT molecular complexity index is 868. The summed E-state index contributed by atoms with van der Waals surface area (Å²) >= 11 is 0. The summed E-state index contributed by atoms with van der Waals surface area (Å²) in [7, 11) is 1.96. The van der Waals surface area contributed by atoms with Gasteiger partial charge >= 0.3 is 0 Å². The van der Waals surface area contributed by atoms with Crippen LogP contribution in [0.5, 0.6) is 0 Å². The second kappa shape index (κ2) is 11.9. The predicted octanol–water partition coefficient (Wildman–Crippen LogP) is 3.01. The predicted molar refractivity (Wildman–Crippen MR) is 135 cm³/mol. The lowest BCUT2D eigenvalue weighted by atomic mass is 10.0. The van der Waals surface area contributed by atoms with Crippen molar-refractivity contribution < 1.29 is 9.13 Å². The van der Waals surface area contributed by atoms with Crippen molar-refractivity contribution in [2.24, 2.45) is 12.0 Å². The summed E-state index contributed by atoms with van der Waals surface area (Å²) in [5.41, 5.74) is 2.39. The lowest BCUT2D eigenvalue weighted by Crippen LogP contribution is -2.42. The fourth-order valence-electron chi connectivity index (χ4n) is 4.48. The van der Waals surface area contributed by atoms with E-state index in [0.717, 1.165) is 63.9 Å². The molecule has 3 heterocycles. The van der Waals surface area contributed by atoms with Gasteiger partial charge in [0.15, 0.2) is 5.96 Å². The molecule has 1 aromatic carbocycles. The Morgan fingerprint density at radius 3 is 2.66 bits per heavy atom. The van der Waals surface area contributed by atoms with E-state index >= 15 is 0 Å². The van der Waals surface area contributed by atoms with Gasteiger partial charge in [-0.3, -0.25) is 14.6 Å². The fraction of sp³-hybridized carbons (Fsp3) is 0.565. The number of rotatable bonds is 6. The molecule has 0 saturated carbocycles. The number of hydrogen-bond donors (Lipinski definition) is 1. The first-order valence-electron chi connectivity index (χ1n) is 11.2. The maximum atomic E-state index is 13.5. The summed E-state index contributed by atoms with van der Waals surface area (Å²) in [6, 6.07) is 6.95. The molecule has 9 heteroatoms. The molecule has 2 aromatic rings. The third-order valence-electron chi connectivity index (χ3n) is 6.17. The van der Waals surface area contributed by atoms with Gasteiger partial charge in [0.2, 0.25) is 0 Å². The summed E-state index contributed by atoms with van der Waals surface area (Å²) in [5.74, 6) is 1.22. The molecular weight excluding hydrogens is 522 g/mol. The number of aromatic nitrogens is 2. The van der Waals surface area contributed by atoms with Gasteiger partial charge in [-0.1, -0.05) is 12.1 Å². The van der Waals surface area contributed by atoms with Gasteiger partial charge in [0.1, 0.15) is 5.82 Å². The molecule has 1 aromatic heterocycles. The number of morpholine rings is 1. The number of halogens is 2. The molecule has 176 valence electrons. The van der Waals surface area contributed by atoms with E-state index in [1.165, 1.54) is 17.7 Å². The van der Waals surface area contributed by atoms with Crippen molar-refractivity contribution in [3.63, 3.8) is 0 Å². The van der Waals surface area contributed by atoms with Crippen LogP contribution >= 0.6 is 24.0 Å². The van der Waals surface area contributed by atoms with Crippen LogP contribution < -0.4 is 5.32 Å². The molecule has 2 atom stereocenters. The molecule has 2 saturated heterocycles. The average Bonchev–Trinajstić information content (AvgIpc) is 3.44. The molecule has 0 amide bonds. The quantitative estimate of drug-likeness (QED) is 0.337. The van der Waals surface area contributed by atoms with Crippen molar-refractivity contribution >= 4 is 29.9 Å². The Labute approximate surface area is 207 Å². The smallest absolute Gasteiger partial charge is 0.194 e. The van der Waals surface area contributed by atoms with Gasteiger partial charge in [0, 0.05) is 51.9 Å². The van der Waals surface area contributed by atoms with Crippen LogP contribution in [-0.2, 0) is 11.8 Å². The van der Waals surface area contributed by atoms with Crippen LogP contribution in [0.15, 0.2) is 41.7 Å². The number of benzene rings is 1. The molecule has 0 aliphatic carbocycles. The zero-order valence-electron chi connectivity index (χ0n) is 18.9. The molecule has 2 aliphatic rings. The average molecular weight is 556 g/mol. The van der Waals surface area contributed by atoms with E-state index in [-0.39, 0.29) is 35.8 Å². The number of guanidine groups is 1. The number of hydrogen-bond acceptors (Lipinski definition) is 4. The summed E-state index contributed by atoms with van der Waals surface area (Å²) in [4.78, 5) is 9.78. The molecule has 2 unspecified atom stereocenters. The van der Waals surface area contributed by atoms with Crippen molar-refractivity contribution in [3.8, 4) is 0 Å². The Hall–Kier alpha value is -1.72. The zero-order chi connectivity index (χ0) is 21.6. The number of aliphatic imine (C=N–C) groups is 1. The van der Waals surface area contributed by atoms with E-state index < -0.39 is 0 Å². The first kappa shape index (κ1) is 24.9.